The standard InChI is InChI=1S/C17H16F3NO2/c1-2-12-5-3-7-14(9-12)21-16(22)11-23-15-8-4-6-13(10-15)17(18,19)20/h3-10H,2,11H2,1H3,(H,21,22). The largest absolute Gasteiger partial charge is 0.484 e. The van der Waals surface area contributed by atoms with Crippen molar-refractivity contribution >= 4 is 11.6 Å². The lowest BCUT2D eigenvalue weighted by atomic mass is 10.1. The van der Waals surface area contributed by atoms with Gasteiger partial charge in [0.25, 0.3) is 5.91 Å². The fourth-order valence-corrected chi connectivity index (χ4v) is 1.98. The quantitative estimate of drug-likeness (QED) is 0.891. The van der Waals surface area contributed by atoms with Gasteiger partial charge < -0.3 is 10.1 Å². The first-order valence-electron chi connectivity index (χ1n) is 7.07. The van der Waals surface area contributed by atoms with Crippen LogP contribution in [0.1, 0.15) is 18.1 Å². The van der Waals surface area contributed by atoms with E-state index in [1.807, 2.05) is 25.1 Å². The highest BCUT2D eigenvalue weighted by atomic mass is 19.4. The number of anilines is 1. The molecule has 0 fully saturated rings. The molecule has 3 nitrogen and oxygen atoms in total. The number of amides is 1. The van der Waals surface area contributed by atoms with Gasteiger partial charge in [0.05, 0.1) is 5.56 Å². The number of carbonyl (C=O) groups excluding carboxylic acids is 1. The summed E-state index contributed by atoms with van der Waals surface area (Å²) in [6.07, 6.45) is -3.60. The molecule has 0 unspecified atom stereocenters. The van der Waals surface area contributed by atoms with E-state index in [0.717, 1.165) is 24.1 Å². The minimum absolute atomic E-state index is 0.00251. The second-order valence-corrected chi connectivity index (χ2v) is 4.92. The van der Waals surface area contributed by atoms with E-state index in [9.17, 15) is 18.0 Å². The highest BCUT2D eigenvalue weighted by Crippen LogP contribution is 2.31. The second-order valence-electron chi connectivity index (χ2n) is 4.92. The third-order valence-electron chi connectivity index (χ3n) is 3.15. The molecule has 0 heterocycles. The second kappa shape index (κ2) is 7.17. The SMILES string of the molecule is CCc1cccc(NC(=O)COc2cccc(C(F)(F)F)c2)c1. The van der Waals surface area contributed by atoms with E-state index in [4.69, 9.17) is 4.74 Å². The zero-order valence-electron chi connectivity index (χ0n) is 12.5. The number of carbonyl (C=O) groups is 1. The smallest absolute Gasteiger partial charge is 0.416 e. The maximum absolute atomic E-state index is 12.6. The molecule has 0 spiro atoms. The van der Waals surface area contributed by atoms with Crippen LogP contribution >= 0.6 is 0 Å². The van der Waals surface area contributed by atoms with E-state index >= 15 is 0 Å². The summed E-state index contributed by atoms with van der Waals surface area (Å²) in [6.45, 7) is 1.63. The lowest BCUT2D eigenvalue weighted by Gasteiger charge is -2.11. The van der Waals surface area contributed by atoms with Gasteiger partial charge in [0.15, 0.2) is 6.61 Å². The van der Waals surface area contributed by atoms with Crippen molar-refractivity contribution in [3.8, 4) is 5.75 Å². The molecular weight excluding hydrogens is 307 g/mol. The summed E-state index contributed by atoms with van der Waals surface area (Å²) in [5.74, 6) is -0.437. The molecule has 23 heavy (non-hydrogen) atoms. The van der Waals surface area contributed by atoms with Gasteiger partial charge in [0.1, 0.15) is 5.75 Å². The number of halogens is 3. The van der Waals surface area contributed by atoms with Gasteiger partial charge in [0, 0.05) is 5.69 Å². The van der Waals surface area contributed by atoms with Crippen LogP contribution in [0.25, 0.3) is 0 Å². The van der Waals surface area contributed by atoms with Crippen LogP contribution < -0.4 is 10.1 Å². The molecule has 2 aromatic carbocycles. The van der Waals surface area contributed by atoms with Crippen LogP contribution in [0.4, 0.5) is 18.9 Å². The van der Waals surface area contributed by atoms with Gasteiger partial charge in [-0.2, -0.15) is 13.2 Å². The van der Waals surface area contributed by atoms with Gasteiger partial charge in [0.2, 0.25) is 0 Å². The maximum atomic E-state index is 12.6. The molecule has 1 N–H and O–H groups in total. The molecule has 0 bridgehead atoms. The van der Waals surface area contributed by atoms with Gasteiger partial charge in [-0.1, -0.05) is 25.1 Å². The highest BCUT2D eigenvalue weighted by molar-refractivity contribution is 5.91. The van der Waals surface area contributed by atoms with Crippen LogP contribution in [0, 0.1) is 0 Å². The summed E-state index contributed by atoms with van der Waals surface area (Å²) in [7, 11) is 0. The molecule has 2 rings (SSSR count). The monoisotopic (exact) mass is 323 g/mol. The van der Waals surface area contributed by atoms with Gasteiger partial charge >= 0.3 is 6.18 Å². The molecule has 0 aliphatic heterocycles. The Bertz CT molecular complexity index is 684. The van der Waals surface area contributed by atoms with Crippen molar-refractivity contribution in [2.75, 3.05) is 11.9 Å². The summed E-state index contributed by atoms with van der Waals surface area (Å²) in [5, 5.41) is 2.65. The summed E-state index contributed by atoms with van der Waals surface area (Å²) in [4.78, 5) is 11.8. The Morgan fingerprint density at radius 2 is 1.87 bits per heavy atom. The van der Waals surface area contributed by atoms with Crippen LogP contribution in [0.2, 0.25) is 0 Å². The average Bonchev–Trinajstić information content (AvgIpc) is 2.52. The fourth-order valence-electron chi connectivity index (χ4n) is 1.98. The van der Waals surface area contributed by atoms with Crippen molar-refractivity contribution in [2.45, 2.75) is 19.5 Å². The number of rotatable bonds is 5. The minimum atomic E-state index is -4.44. The van der Waals surface area contributed by atoms with E-state index in [1.54, 1.807) is 6.07 Å². The van der Waals surface area contributed by atoms with Crippen molar-refractivity contribution in [2.24, 2.45) is 0 Å². The Morgan fingerprint density at radius 1 is 1.13 bits per heavy atom. The molecule has 0 aliphatic rings. The average molecular weight is 323 g/mol. The Morgan fingerprint density at radius 3 is 2.57 bits per heavy atom. The van der Waals surface area contributed by atoms with Gasteiger partial charge in [-0.25, -0.2) is 0 Å². The number of ether oxygens (including phenoxy) is 1. The summed E-state index contributed by atoms with van der Waals surface area (Å²) in [5.41, 5.74) is 0.884. The molecule has 0 aromatic heterocycles. The Kier molecular flexibility index (Phi) is 5.26. The van der Waals surface area contributed by atoms with Gasteiger partial charge in [-0.05, 0) is 42.3 Å². The topological polar surface area (TPSA) is 38.3 Å². The van der Waals surface area contributed by atoms with E-state index in [1.165, 1.54) is 12.1 Å². The molecule has 0 saturated heterocycles. The van der Waals surface area contributed by atoms with Gasteiger partial charge in [-0.15, -0.1) is 0 Å². The number of hydrogen-bond acceptors (Lipinski definition) is 2. The zero-order valence-corrected chi connectivity index (χ0v) is 12.5. The predicted octanol–water partition coefficient (Wildman–Crippen LogP) is 4.29. The molecule has 2 aromatic rings. The van der Waals surface area contributed by atoms with Crippen molar-refractivity contribution in [1.29, 1.82) is 0 Å². The van der Waals surface area contributed by atoms with E-state index in [-0.39, 0.29) is 12.4 Å². The fraction of sp³-hybridized carbons (Fsp3) is 0.235. The van der Waals surface area contributed by atoms with Crippen molar-refractivity contribution in [3.05, 3.63) is 59.7 Å². The Balaban J connectivity index is 1.94. The number of hydrogen-bond donors (Lipinski definition) is 1. The van der Waals surface area contributed by atoms with Crippen molar-refractivity contribution in [3.63, 3.8) is 0 Å². The van der Waals surface area contributed by atoms with Crippen molar-refractivity contribution < 1.29 is 22.7 Å². The molecule has 0 aliphatic carbocycles. The third-order valence-corrected chi connectivity index (χ3v) is 3.15. The molecule has 0 atom stereocenters. The summed E-state index contributed by atoms with van der Waals surface area (Å²) < 4.78 is 42.9. The van der Waals surface area contributed by atoms with Crippen LogP contribution in [-0.2, 0) is 17.4 Å². The lowest BCUT2D eigenvalue weighted by Crippen LogP contribution is -2.20. The maximum Gasteiger partial charge on any atom is 0.416 e. The first kappa shape index (κ1) is 16.9. The Labute approximate surface area is 132 Å². The number of benzene rings is 2. The van der Waals surface area contributed by atoms with Crippen LogP contribution in [0.5, 0.6) is 5.75 Å². The molecule has 0 saturated carbocycles. The summed E-state index contributed by atoms with van der Waals surface area (Å²) >= 11 is 0. The molecule has 6 heteroatoms. The lowest BCUT2D eigenvalue weighted by molar-refractivity contribution is -0.137. The number of alkyl halides is 3. The number of nitrogens with one attached hydrogen (secondary N) is 1. The van der Waals surface area contributed by atoms with Crippen molar-refractivity contribution in [1.82, 2.24) is 0 Å². The Hall–Kier alpha value is -2.50. The van der Waals surface area contributed by atoms with E-state index < -0.39 is 17.6 Å². The number of aryl methyl sites for hydroxylation is 1. The van der Waals surface area contributed by atoms with E-state index in [0.29, 0.717) is 5.69 Å². The first-order valence-corrected chi connectivity index (χ1v) is 7.07. The van der Waals surface area contributed by atoms with Crippen LogP contribution in [0.3, 0.4) is 0 Å². The zero-order chi connectivity index (χ0) is 16.9. The molecule has 1 amide bonds. The third kappa shape index (κ3) is 5.02. The molecular formula is C17H16F3NO2. The highest BCUT2D eigenvalue weighted by Gasteiger charge is 2.30. The minimum Gasteiger partial charge on any atom is -0.484 e. The predicted molar refractivity (Wildman–Crippen MR) is 81.4 cm³/mol. The van der Waals surface area contributed by atoms with E-state index in [2.05, 4.69) is 5.32 Å². The molecule has 122 valence electrons. The van der Waals surface area contributed by atoms with Crippen LogP contribution in [-0.4, -0.2) is 12.5 Å². The van der Waals surface area contributed by atoms with Crippen LogP contribution in [0.15, 0.2) is 48.5 Å². The normalized spacial score (nSPS) is 11.1. The molecule has 0 radical (unpaired) electrons. The first-order chi connectivity index (χ1) is 10.9. The van der Waals surface area contributed by atoms with Gasteiger partial charge in [-0.3, -0.25) is 4.79 Å². The summed E-state index contributed by atoms with van der Waals surface area (Å²) in [6, 6.07) is 11.8.